The van der Waals surface area contributed by atoms with Gasteiger partial charge in [0.25, 0.3) is 11.6 Å². The smallest absolute Gasteiger partial charge is 0.292 e. The van der Waals surface area contributed by atoms with Crippen molar-refractivity contribution in [2.24, 2.45) is 0 Å². The second-order valence-corrected chi connectivity index (χ2v) is 6.06. The second kappa shape index (κ2) is 7.31. The number of nitrogen functional groups attached to an aromatic ring is 1. The van der Waals surface area contributed by atoms with Crippen LogP contribution >= 0.6 is 15.9 Å². The Labute approximate surface area is 147 Å². The van der Waals surface area contributed by atoms with Crippen molar-refractivity contribution in [2.75, 3.05) is 19.9 Å². The molecule has 24 heavy (non-hydrogen) atoms. The molecule has 0 atom stereocenters. The van der Waals surface area contributed by atoms with Gasteiger partial charge in [0.05, 0.1) is 12.0 Å². The molecule has 0 aliphatic heterocycles. The standard InChI is InChI=1S/C16H16BrN3O4/c1-19(9-11-7-12(17)4-6-15(11)24-2)16(21)10-3-5-13(18)14(8-10)20(22)23/h3-8H,9,18H2,1-2H3. The Kier molecular flexibility index (Phi) is 5.40. The van der Waals surface area contributed by atoms with Gasteiger partial charge in [-0.15, -0.1) is 0 Å². The Morgan fingerprint density at radius 1 is 1.33 bits per heavy atom. The number of ether oxygens (including phenoxy) is 1. The number of nitrogens with zero attached hydrogens (tertiary/aromatic N) is 2. The summed E-state index contributed by atoms with van der Waals surface area (Å²) in [7, 11) is 3.17. The molecule has 2 rings (SSSR count). The first kappa shape index (κ1) is 17.7. The Morgan fingerprint density at radius 2 is 2.04 bits per heavy atom. The summed E-state index contributed by atoms with van der Waals surface area (Å²) >= 11 is 3.38. The lowest BCUT2D eigenvalue weighted by atomic mass is 10.1. The first-order valence-corrected chi connectivity index (χ1v) is 7.74. The maximum Gasteiger partial charge on any atom is 0.292 e. The average Bonchev–Trinajstić information content (AvgIpc) is 2.54. The molecule has 0 saturated carbocycles. The van der Waals surface area contributed by atoms with E-state index in [9.17, 15) is 14.9 Å². The predicted molar refractivity (Wildman–Crippen MR) is 94.0 cm³/mol. The van der Waals surface area contributed by atoms with Crippen LogP contribution in [0.5, 0.6) is 5.75 Å². The van der Waals surface area contributed by atoms with Gasteiger partial charge in [0.15, 0.2) is 0 Å². The van der Waals surface area contributed by atoms with Gasteiger partial charge in [-0.3, -0.25) is 14.9 Å². The third-order valence-corrected chi connectivity index (χ3v) is 3.96. The van der Waals surface area contributed by atoms with Gasteiger partial charge in [-0.05, 0) is 30.3 Å². The summed E-state index contributed by atoms with van der Waals surface area (Å²) in [5.74, 6) is 0.307. The number of hydrogen-bond donors (Lipinski definition) is 1. The van der Waals surface area contributed by atoms with E-state index in [1.807, 2.05) is 12.1 Å². The molecule has 0 aromatic heterocycles. The second-order valence-electron chi connectivity index (χ2n) is 5.15. The molecule has 0 radical (unpaired) electrons. The van der Waals surface area contributed by atoms with Crippen molar-refractivity contribution in [2.45, 2.75) is 6.54 Å². The third-order valence-electron chi connectivity index (χ3n) is 3.47. The number of anilines is 1. The summed E-state index contributed by atoms with van der Waals surface area (Å²) in [4.78, 5) is 24.3. The molecule has 0 saturated heterocycles. The van der Waals surface area contributed by atoms with E-state index in [2.05, 4.69) is 15.9 Å². The maximum atomic E-state index is 12.5. The fourth-order valence-corrected chi connectivity index (χ4v) is 2.66. The number of benzene rings is 2. The molecule has 1 amide bonds. The van der Waals surface area contributed by atoms with Crippen LogP contribution in [0.25, 0.3) is 0 Å². The molecule has 0 aliphatic rings. The van der Waals surface area contributed by atoms with Crippen LogP contribution in [0.2, 0.25) is 0 Å². The molecule has 8 heteroatoms. The van der Waals surface area contributed by atoms with Crippen molar-refractivity contribution in [3.63, 3.8) is 0 Å². The molecule has 7 nitrogen and oxygen atoms in total. The van der Waals surface area contributed by atoms with Crippen LogP contribution in [-0.2, 0) is 6.54 Å². The third kappa shape index (κ3) is 3.83. The van der Waals surface area contributed by atoms with Gasteiger partial charge in [0.1, 0.15) is 11.4 Å². The first-order valence-electron chi connectivity index (χ1n) is 6.95. The lowest BCUT2D eigenvalue weighted by Gasteiger charge is -2.19. The monoisotopic (exact) mass is 393 g/mol. The Bertz CT molecular complexity index is 795. The number of halogens is 1. The van der Waals surface area contributed by atoms with Crippen molar-refractivity contribution < 1.29 is 14.5 Å². The maximum absolute atomic E-state index is 12.5. The van der Waals surface area contributed by atoms with E-state index < -0.39 is 4.92 Å². The normalized spacial score (nSPS) is 10.3. The summed E-state index contributed by atoms with van der Waals surface area (Å²) in [5, 5.41) is 11.0. The van der Waals surface area contributed by atoms with E-state index in [0.29, 0.717) is 12.3 Å². The molecule has 0 fully saturated rings. The molecule has 2 aromatic rings. The van der Waals surface area contributed by atoms with Crippen LogP contribution in [0.4, 0.5) is 11.4 Å². The van der Waals surface area contributed by atoms with Crippen LogP contribution in [0.3, 0.4) is 0 Å². The van der Waals surface area contributed by atoms with Crippen LogP contribution in [0.15, 0.2) is 40.9 Å². The lowest BCUT2D eigenvalue weighted by molar-refractivity contribution is -0.383. The Morgan fingerprint density at radius 3 is 2.67 bits per heavy atom. The molecular weight excluding hydrogens is 378 g/mol. The Hall–Kier alpha value is -2.61. The molecule has 0 heterocycles. The molecular formula is C16H16BrN3O4. The van der Waals surface area contributed by atoms with E-state index in [-0.39, 0.29) is 22.8 Å². The summed E-state index contributed by atoms with van der Waals surface area (Å²) < 4.78 is 6.15. The topological polar surface area (TPSA) is 98.7 Å². The van der Waals surface area contributed by atoms with Gasteiger partial charge in [-0.25, -0.2) is 0 Å². The molecule has 0 unspecified atom stereocenters. The highest BCUT2D eigenvalue weighted by atomic mass is 79.9. The lowest BCUT2D eigenvalue weighted by Crippen LogP contribution is -2.26. The number of nitro groups is 1. The summed E-state index contributed by atoms with van der Waals surface area (Å²) in [6, 6.07) is 9.51. The van der Waals surface area contributed by atoms with Crippen molar-refractivity contribution in [1.29, 1.82) is 0 Å². The van der Waals surface area contributed by atoms with Gasteiger partial charge in [0, 0.05) is 35.3 Å². The number of rotatable bonds is 5. The zero-order chi connectivity index (χ0) is 17.9. The zero-order valence-electron chi connectivity index (χ0n) is 13.2. The van der Waals surface area contributed by atoms with Crippen LogP contribution in [0.1, 0.15) is 15.9 Å². The molecule has 0 aliphatic carbocycles. The molecule has 2 N–H and O–H groups in total. The largest absolute Gasteiger partial charge is 0.496 e. The van der Waals surface area contributed by atoms with Gasteiger partial charge >= 0.3 is 0 Å². The van der Waals surface area contributed by atoms with Gasteiger partial charge in [-0.2, -0.15) is 0 Å². The highest BCUT2D eigenvalue weighted by Gasteiger charge is 2.19. The molecule has 0 spiro atoms. The number of carbonyl (C=O) groups excluding carboxylic acids is 1. The fourth-order valence-electron chi connectivity index (χ4n) is 2.25. The van der Waals surface area contributed by atoms with Gasteiger partial charge < -0.3 is 15.4 Å². The number of nitro benzene ring substituents is 1. The molecule has 0 bridgehead atoms. The molecule has 126 valence electrons. The van der Waals surface area contributed by atoms with E-state index in [1.54, 1.807) is 20.2 Å². The van der Waals surface area contributed by atoms with E-state index in [4.69, 9.17) is 10.5 Å². The number of methoxy groups -OCH3 is 1. The summed E-state index contributed by atoms with van der Waals surface area (Å²) in [6.07, 6.45) is 0. The van der Waals surface area contributed by atoms with Crippen molar-refractivity contribution in [3.8, 4) is 5.75 Å². The molecule has 2 aromatic carbocycles. The minimum atomic E-state index is -0.608. The van der Waals surface area contributed by atoms with E-state index in [1.165, 1.54) is 23.1 Å². The van der Waals surface area contributed by atoms with Crippen LogP contribution < -0.4 is 10.5 Å². The van der Waals surface area contributed by atoms with Crippen LogP contribution in [-0.4, -0.2) is 29.9 Å². The van der Waals surface area contributed by atoms with Crippen molar-refractivity contribution in [3.05, 3.63) is 62.1 Å². The highest BCUT2D eigenvalue weighted by Crippen LogP contribution is 2.26. The van der Waals surface area contributed by atoms with E-state index in [0.717, 1.165) is 10.0 Å². The number of nitrogens with two attached hydrogens (primary N) is 1. The van der Waals surface area contributed by atoms with Crippen molar-refractivity contribution >= 4 is 33.2 Å². The SMILES string of the molecule is COc1ccc(Br)cc1CN(C)C(=O)c1ccc(N)c([N+](=O)[O-])c1. The highest BCUT2D eigenvalue weighted by molar-refractivity contribution is 9.10. The van der Waals surface area contributed by atoms with Crippen molar-refractivity contribution in [1.82, 2.24) is 4.90 Å². The predicted octanol–water partition coefficient (Wildman–Crippen LogP) is 3.22. The minimum Gasteiger partial charge on any atom is -0.496 e. The average molecular weight is 394 g/mol. The number of amides is 1. The summed E-state index contributed by atoms with van der Waals surface area (Å²) in [6.45, 7) is 0.291. The number of hydrogen-bond acceptors (Lipinski definition) is 5. The first-order chi connectivity index (χ1) is 11.3. The van der Waals surface area contributed by atoms with Gasteiger partial charge in [0.2, 0.25) is 0 Å². The fraction of sp³-hybridized carbons (Fsp3) is 0.188. The minimum absolute atomic E-state index is 0.0212. The summed E-state index contributed by atoms with van der Waals surface area (Å²) in [5.41, 5.74) is 6.31. The zero-order valence-corrected chi connectivity index (χ0v) is 14.7. The number of carbonyl (C=O) groups is 1. The van der Waals surface area contributed by atoms with Gasteiger partial charge in [-0.1, -0.05) is 15.9 Å². The van der Waals surface area contributed by atoms with Crippen LogP contribution in [0, 0.1) is 10.1 Å². The van der Waals surface area contributed by atoms with E-state index >= 15 is 0 Å². The quantitative estimate of drug-likeness (QED) is 0.477. The Balaban J connectivity index is 2.26.